The van der Waals surface area contributed by atoms with Gasteiger partial charge in [0, 0.05) is 11.8 Å². The lowest BCUT2D eigenvalue weighted by molar-refractivity contribution is 0.324. The third kappa shape index (κ3) is 1.80. The molecule has 0 radical (unpaired) electrons. The first-order valence-corrected chi connectivity index (χ1v) is 3.46. The van der Waals surface area contributed by atoms with Crippen molar-refractivity contribution in [3.63, 3.8) is 0 Å². The van der Waals surface area contributed by atoms with Crippen molar-refractivity contribution in [2.24, 2.45) is 0 Å². The second-order valence-corrected chi connectivity index (χ2v) is 2.15. The van der Waals surface area contributed by atoms with Crippen LogP contribution in [-0.4, -0.2) is 16.6 Å². The van der Waals surface area contributed by atoms with Gasteiger partial charge in [0.15, 0.2) is 0 Å². The lowest BCUT2D eigenvalue weighted by Gasteiger charge is -2.04. The third-order valence-electron chi connectivity index (χ3n) is 1.22. The molecular weight excluding hydrogens is 142 g/mol. The molecule has 0 aliphatic heterocycles. The van der Waals surface area contributed by atoms with E-state index in [4.69, 9.17) is 10.5 Å². The van der Waals surface area contributed by atoms with Gasteiger partial charge in [-0.05, 0) is 13.8 Å². The first-order chi connectivity index (χ1) is 5.24. The third-order valence-corrected chi connectivity index (χ3v) is 1.22. The summed E-state index contributed by atoms with van der Waals surface area (Å²) >= 11 is 0. The van der Waals surface area contributed by atoms with Crippen molar-refractivity contribution in [2.75, 3.05) is 12.3 Å². The number of ether oxygens (including phenoxy) is 1. The van der Waals surface area contributed by atoms with Crippen molar-refractivity contribution < 1.29 is 4.74 Å². The van der Waals surface area contributed by atoms with Crippen LogP contribution in [0.1, 0.15) is 12.5 Å². The molecule has 0 fully saturated rings. The summed E-state index contributed by atoms with van der Waals surface area (Å²) in [6, 6.07) is 0. The average molecular weight is 153 g/mol. The molecule has 1 aromatic rings. The van der Waals surface area contributed by atoms with Crippen molar-refractivity contribution in [3.05, 3.63) is 11.8 Å². The van der Waals surface area contributed by atoms with Gasteiger partial charge in [0.25, 0.3) is 0 Å². The average Bonchev–Trinajstić information content (AvgIpc) is 1.98. The SMILES string of the molecule is CCOc1nc(N)ncc1C. The molecule has 1 aromatic heterocycles. The Morgan fingerprint density at radius 3 is 3.00 bits per heavy atom. The van der Waals surface area contributed by atoms with E-state index in [9.17, 15) is 0 Å². The van der Waals surface area contributed by atoms with Gasteiger partial charge in [0.1, 0.15) is 0 Å². The minimum absolute atomic E-state index is 0.249. The molecule has 0 atom stereocenters. The van der Waals surface area contributed by atoms with E-state index in [1.165, 1.54) is 0 Å². The van der Waals surface area contributed by atoms with Gasteiger partial charge in [-0.1, -0.05) is 0 Å². The maximum absolute atomic E-state index is 5.36. The van der Waals surface area contributed by atoms with Crippen molar-refractivity contribution in [2.45, 2.75) is 13.8 Å². The van der Waals surface area contributed by atoms with Crippen LogP contribution in [0.25, 0.3) is 0 Å². The van der Waals surface area contributed by atoms with Gasteiger partial charge in [0.2, 0.25) is 11.8 Å². The normalized spacial score (nSPS) is 9.64. The highest BCUT2D eigenvalue weighted by Gasteiger charge is 2.00. The molecular formula is C7H11N3O. The second-order valence-electron chi connectivity index (χ2n) is 2.15. The Labute approximate surface area is 65.4 Å². The van der Waals surface area contributed by atoms with E-state index < -0.39 is 0 Å². The molecule has 1 rings (SSSR count). The van der Waals surface area contributed by atoms with Crippen LogP contribution in [-0.2, 0) is 0 Å². The Bertz CT molecular complexity index is 249. The van der Waals surface area contributed by atoms with Crippen LogP contribution in [0.3, 0.4) is 0 Å². The number of nitrogens with zero attached hydrogens (tertiary/aromatic N) is 2. The molecule has 0 aliphatic carbocycles. The maximum Gasteiger partial charge on any atom is 0.223 e. The summed E-state index contributed by atoms with van der Waals surface area (Å²) in [6.45, 7) is 4.37. The molecule has 0 saturated carbocycles. The molecule has 2 N–H and O–H groups in total. The number of nitrogens with two attached hydrogens (primary N) is 1. The Morgan fingerprint density at radius 1 is 1.64 bits per heavy atom. The number of anilines is 1. The highest BCUT2D eigenvalue weighted by molar-refractivity contribution is 5.28. The molecule has 0 bridgehead atoms. The molecule has 0 aliphatic rings. The highest BCUT2D eigenvalue weighted by atomic mass is 16.5. The first kappa shape index (κ1) is 7.78. The molecule has 1 heterocycles. The van der Waals surface area contributed by atoms with Crippen LogP contribution >= 0.6 is 0 Å². The van der Waals surface area contributed by atoms with Gasteiger partial charge in [0.05, 0.1) is 6.61 Å². The molecule has 0 saturated heterocycles. The van der Waals surface area contributed by atoms with E-state index >= 15 is 0 Å². The van der Waals surface area contributed by atoms with Crippen molar-refractivity contribution in [3.8, 4) is 5.88 Å². The van der Waals surface area contributed by atoms with E-state index in [1.54, 1.807) is 6.20 Å². The number of hydrogen-bond donors (Lipinski definition) is 1. The zero-order valence-corrected chi connectivity index (χ0v) is 6.66. The van der Waals surface area contributed by atoms with Crippen molar-refractivity contribution >= 4 is 5.95 Å². The van der Waals surface area contributed by atoms with Crippen LogP contribution in [0.4, 0.5) is 5.95 Å². The number of rotatable bonds is 2. The summed E-state index contributed by atoms with van der Waals surface area (Å²) in [7, 11) is 0. The fraction of sp³-hybridized carbons (Fsp3) is 0.429. The molecule has 0 spiro atoms. The van der Waals surface area contributed by atoms with Crippen molar-refractivity contribution in [1.82, 2.24) is 9.97 Å². The fourth-order valence-corrected chi connectivity index (χ4v) is 0.722. The molecule has 0 amide bonds. The molecule has 4 heteroatoms. The predicted molar refractivity (Wildman–Crippen MR) is 42.4 cm³/mol. The van der Waals surface area contributed by atoms with Gasteiger partial charge in [-0.15, -0.1) is 0 Å². The van der Waals surface area contributed by atoms with Crippen molar-refractivity contribution in [1.29, 1.82) is 0 Å². The van der Waals surface area contributed by atoms with Gasteiger partial charge in [-0.3, -0.25) is 0 Å². The molecule has 60 valence electrons. The van der Waals surface area contributed by atoms with Crippen LogP contribution in [0.2, 0.25) is 0 Å². The summed E-state index contributed by atoms with van der Waals surface area (Å²) in [4.78, 5) is 7.72. The fourth-order valence-electron chi connectivity index (χ4n) is 0.722. The quantitative estimate of drug-likeness (QED) is 0.681. The number of aromatic nitrogens is 2. The van der Waals surface area contributed by atoms with Gasteiger partial charge in [-0.25, -0.2) is 4.98 Å². The number of hydrogen-bond acceptors (Lipinski definition) is 4. The van der Waals surface area contributed by atoms with Crippen LogP contribution in [0, 0.1) is 6.92 Å². The summed E-state index contributed by atoms with van der Waals surface area (Å²) < 4.78 is 5.19. The summed E-state index contributed by atoms with van der Waals surface area (Å²) in [5, 5.41) is 0. The van der Waals surface area contributed by atoms with E-state index in [0.29, 0.717) is 12.5 Å². The van der Waals surface area contributed by atoms with Gasteiger partial charge < -0.3 is 10.5 Å². The van der Waals surface area contributed by atoms with E-state index in [0.717, 1.165) is 5.56 Å². The molecule has 0 unspecified atom stereocenters. The van der Waals surface area contributed by atoms with Crippen LogP contribution in [0.15, 0.2) is 6.20 Å². The van der Waals surface area contributed by atoms with E-state index in [1.807, 2.05) is 13.8 Å². The highest BCUT2D eigenvalue weighted by Crippen LogP contribution is 2.12. The second kappa shape index (κ2) is 3.18. The summed E-state index contributed by atoms with van der Waals surface area (Å²) in [6.07, 6.45) is 1.65. The maximum atomic E-state index is 5.36. The summed E-state index contributed by atoms with van der Waals surface area (Å²) in [5.74, 6) is 0.819. The Balaban J connectivity index is 2.93. The van der Waals surface area contributed by atoms with Gasteiger partial charge in [-0.2, -0.15) is 4.98 Å². The van der Waals surface area contributed by atoms with Crippen LogP contribution < -0.4 is 10.5 Å². The summed E-state index contributed by atoms with van der Waals surface area (Å²) in [5.41, 5.74) is 6.26. The lowest BCUT2D eigenvalue weighted by atomic mass is 10.4. The minimum atomic E-state index is 0.249. The monoisotopic (exact) mass is 153 g/mol. The Kier molecular flexibility index (Phi) is 2.25. The zero-order valence-electron chi connectivity index (χ0n) is 6.66. The lowest BCUT2D eigenvalue weighted by Crippen LogP contribution is -2.01. The topological polar surface area (TPSA) is 61.0 Å². The molecule has 0 aromatic carbocycles. The largest absolute Gasteiger partial charge is 0.478 e. The Hall–Kier alpha value is -1.32. The van der Waals surface area contributed by atoms with E-state index in [-0.39, 0.29) is 5.95 Å². The molecule has 4 nitrogen and oxygen atoms in total. The number of nitrogen functional groups attached to an aromatic ring is 1. The van der Waals surface area contributed by atoms with Crippen LogP contribution in [0.5, 0.6) is 5.88 Å². The van der Waals surface area contributed by atoms with E-state index in [2.05, 4.69) is 9.97 Å². The minimum Gasteiger partial charge on any atom is -0.478 e. The number of aryl methyl sites for hydroxylation is 1. The molecule has 11 heavy (non-hydrogen) atoms. The predicted octanol–water partition coefficient (Wildman–Crippen LogP) is 0.766. The standard InChI is InChI=1S/C7H11N3O/c1-3-11-6-5(2)4-9-7(8)10-6/h4H,3H2,1-2H3,(H2,8,9,10). The van der Waals surface area contributed by atoms with Gasteiger partial charge >= 0.3 is 0 Å². The smallest absolute Gasteiger partial charge is 0.223 e. The first-order valence-electron chi connectivity index (χ1n) is 3.46. The zero-order chi connectivity index (χ0) is 8.27. The Morgan fingerprint density at radius 2 is 2.36 bits per heavy atom.